The molecule has 11 nitrogen and oxygen atoms in total. The molecule has 4 heterocycles. The van der Waals surface area contributed by atoms with Gasteiger partial charge in [-0.25, -0.2) is 0 Å². The Morgan fingerprint density at radius 3 is 2.22 bits per heavy atom. The molecule has 4 atom stereocenters. The topological polar surface area (TPSA) is 111 Å². The second kappa shape index (κ2) is 15.3. The summed E-state index contributed by atoms with van der Waals surface area (Å²) >= 11 is 1.88. The number of amides is 2. The third kappa shape index (κ3) is 7.10. The van der Waals surface area contributed by atoms with Gasteiger partial charge in [0.25, 0.3) is 11.8 Å². The van der Waals surface area contributed by atoms with E-state index >= 15 is 0 Å². The third-order valence-electron chi connectivity index (χ3n) is 13.5. The van der Waals surface area contributed by atoms with E-state index in [-0.39, 0.29) is 39.5 Å². The molecule has 1 N–H and O–H groups in total. The van der Waals surface area contributed by atoms with Gasteiger partial charge in [0.2, 0.25) is 0 Å². The average Bonchev–Trinajstić information content (AvgIpc) is 3.49. The summed E-state index contributed by atoms with van der Waals surface area (Å²) in [6.45, 7) is 11.0. The zero-order valence-electron chi connectivity index (χ0n) is 35.6. The van der Waals surface area contributed by atoms with Gasteiger partial charge in [0.05, 0.1) is 68.6 Å². The number of ether oxygens (including phenoxy) is 5. The largest absolute Gasteiger partial charge is 0.494 e. The lowest BCUT2D eigenvalue weighted by Crippen LogP contribution is -2.39. The Morgan fingerprint density at radius 2 is 1.48 bits per heavy atom. The summed E-state index contributed by atoms with van der Waals surface area (Å²) in [6.07, 6.45) is 8.44. The maximum Gasteiger partial charge on any atom is 0.261 e. The lowest BCUT2D eigenvalue weighted by atomic mass is 9.98. The Kier molecular flexibility index (Phi) is 10.2. The van der Waals surface area contributed by atoms with Crippen LogP contribution in [0.1, 0.15) is 78.8 Å². The van der Waals surface area contributed by atoms with Crippen LogP contribution < -0.4 is 38.8 Å². The third-order valence-corrected chi connectivity index (χ3v) is 14.8. The van der Waals surface area contributed by atoms with Crippen molar-refractivity contribution in [3.8, 4) is 28.7 Å². The van der Waals surface area contributed by atoms with Crippen molar-refractivity contribution in [2.75, 3.05) is 62.0 Å². The lowest BCUT2D eigenvalue weighted by Gasteiger charge is -2.23. The van der Waals surface area contributed by atoms with Gasteiger partial charge in [-0.15, -0.1) is 0 Å². The average molecular weight is 831 g/mol. The maximum atomic E-state index is 14.2. The number of benzene rings is 4. The molecule has 2 amide bonds. The number of hydrogen-bond acceptors (Lipinski definition) is 10. The van der Waals surface area contributed by atoms with Crippen molar-refractivity contribution in [3.63, 3.8) is 0 Å². The standard InChI is InChI=1S/C48H54N4O7S/c1-46(2,60-7)15-10-16-57-33-13-14-39-30(19-33)18-32-25-50-37-23-43(41(56-6)21-35(37)45(54)52(32)39)59-28-48(4)26-47(48,3)27-58-42-22-36-34(20-40(42)55-5)44(53)51-31(24-49-36)17-29-11-8-9-12-38(29)51/h8-9,11-14,19-24,31-32,50H,10,15-18,25-28H2,1-7H3/t31-,32-,47?,48?/m0/s1. The number of methoxy groups -OCH3 is 2. The summed E-state index contributed by atoms with van der Waals surface area (Å²) in [5.74, 6) is 2.80. The number of carbonyl (C=O) groups is 2. The van der Waals surface area contributed by atoms with E-state index in [1.807, 2.05) is 70.2 Å². The minimum absolute atomic E-state index is 0.0283. The van der Waals surface area contributed by atoms with Gasteiger partial charge in [-0.3, -0.25) is 19.5 Å². The van der Waals surface area contributed by atoms with Crippen molar-refractivity contribution in [3.05, 3.63) is 89.0 Å². The van der Waals surface area contributed by atoms with Crippen LogP contribution in [-0.4, -0.2) is 81.7 Å². The lowest BCUT2D eigenvalue weighted by molar-refractivity contribution is 0.0976. The van der Waals surface area contributed by atoms with Crippen LogP contribution in [0.15, 0.2) is 71.7 Å². The molecular formula is C48H54N4O7S. The molecular weight excluding hydrogens is 777 g/mol. The van der Waals surface area contributed by atoms with Crippen LogP contribution in [0.5, 0.6) is 28.7 Å². The molecule has 1 fully saturated rings. The normalized spacial score (nSPS) is 23.2. The van der Waals surface area contributed by atoms with Crippen LogP contribution in [0.2, 0.25) is 0 Å². The Bertz CT molecular complexity index is 2400. The Morgan fingerprint density at radius 1 is 0.800 bits per heavy atom. The van der Waals surface area contributed by atoms with E-state index in [1.54, 1.807) is 26.4 Å². The van der Waals surface area contributed by atoms with Crippen LogP contribution in [0, 0.1) is 10.8 Å². The van der Waals surface area contributed by atoms with Gasteiger partial charge in [0, 0.05) is 58.3 Å². The molecule has 1 saturated carbocycles. The minimum atomic E-state index is -0.197. The summed E-state index contributed by atoms with van der Waals surface area (Å²) in [5.41, 5.74) is 6.04. The first-order valence-electron chi connectivity index (χ1n) is 20.9. The molecule has 0 saturated heterocycles. The van der Waals surface area contributed by atoms with Gasteiger partial charge in [0.15, 0.2) is 23.0 Å². The van der Waals surface area contributed by atoms with Gasteiger partial charge >= 0.3 is 0 Å². The van der Waals surface area contributed by atoms with E-state index in [4.69, 9.17) is 28.7 Å². The van der Waals surface area contributed by atoms with Crippen LogP contribution in [0.4, 0.5) is 22.7 Å². The van der Waals surface area contributed by atoms with E-state index < -0.39 is 0 Å². The highest BCUT2D eigenvalue weighted by molar-refractivity contribution is 7.99. The summed E-state index contributed by atoms with van der Waals surface area (Å²) in [5, 5.41) is 3.56. The van der Waals surface area contributed by atoms with Crippen LogP contribution in [0.3, 0.4) is 0 Å². The summed E-state index contributed by atoms with van der Waals surface area (Å²) in [4.78, 5) is 36.6. The zero-order chi connectivity index (χ0) is 42.0. The molecule has 1 aliphatic carbocycles. The monoisotopic (exact) mass is 830 g/mol. The number of nitrogens with zero attached hydrogens (tertiary/aromatic N) is 3. The van der Waals surface area contributed by atoms with Crippen molar-refractivity contribution >= 4 is 52.5 Å². The molecule has 0 spiro atoms. The molecule has 4 aromatic carbocycles. The van der Waals surface area contributed by atoms with Crippen LogP contribution in [0.25, 0.3) is 0 Å². The SMILES string of the molecule is COc1cc2c(cc1OCC1(C)CC1(C)COc1cc3c(cc1OC)C(=O)N1c4ccc(OCCCC(C)(C)SC)cc4C[C@H]1CN3)N=C[C@@H]1Cc3ccccc3N1C2=O. The van der Waals surface area contributed by atoms with E-state index in [9.17, 15) is 9.59 Å². The molecule has 4 aromatic rings. The molecule has 9 rings (SSSR count). The van der Waals surface area contributed by atoms with Gasteiger partial charge in [-0.2, -0.15) is 11.8 Å². The van der Waals surface area contributed by atoms with Gasteiger partial charge < -0.3 is 33.9 Å². The molecule has 0 bridgehead atoms. The maximum absolute atomic E-state index is 14.2. The highest BCUT2D eigenvalue weighted by Gasteiger charge is 2.62. The minimum Gasteiger partial charge on any atom is -0.494 e. The summed E-state index contributed by atoms with van der Waals surface area (Å²) in [7, 11) is 3.19. The van der Waals surface area contributed by atoms with Crippen molar-refractivity contribution < 1.29 is 33.3 Å². The highest BCUT2D eigenvalue weighted by Crippen LogP contribution is 2.64. The van der Waals surface area contributed by atoms with E-state index in [2.05, 4.69) is 51.4 Å². The smallest absolute Gasteiger partial charge is 0.261 e. The number of anilines is 3. The number of nitrogens with one attached hydrogen (secondary N) is 1. The quantitative estimate of drug-likeness (QED) is 0.124. The molecule has 5 aliphatic rings. The fourth-order valence-electron chi connectivity index (χ4n) is 9.26. The predicted octanol–water partition coefficient (Wildman–Crippen LogP) is 9.16. The first kappa shape index (κ1) is 40.1. The molecule has 2 unspecified atom stereocenters. The van der Waals surface area contributed by atoms with Gasteiger partial charge in [0.1, 0.15) is 5.75 Å². The molecule has 0 radical (unpaired) electrons. The molecule has 314 valence electrons. The fraction of sp³-hybridized carbons (Fsp3) is 0.438. The van der Waals surface area contributed by atoms with Crippen molar-refractivity contribution in [2.45, 2.75) is 76.6 Å². The Labute approximate surface area is 356 Å². The molecule has 60 heavy (non-hydrogen) atoms. The number of rotatable bonds is 14. The number of fused-ring (bicyclic) bond motifs is 8. The van der Waals surface area contributed by atoms with E-state index in [0.29, 0.717) is 66.2 Å². The molecule has 0 aromatic heterocycles. The van der Waals surface area contributed by atoms with Crippen LogP contribution >= 0.6 is 11.8 Å². The second-order valence-electron chi connectivity index (χ2n) is 17.9. The summed E-state index contributed by atoms with van der Waals surface area (Å²) in [6, 6.07) is 21.2. The number of aliphatic imine (C=N–C) groups is 1. The second-order valence-corrected chi connectivity index (χ2v) is 19.4. The number of carbonyl (C=O) groups excluding carboxylic acids is 2. The first-order valence-corrected chi connectivity index (χ1v) is 22.1. The number of thioether (sulfide) groups is 1. The van der Waals surface area contributed by atoms with Crippen molar-refractivity contribution in [1.29, 1.82) is 0 Å². The van der Waals surface area contributed by atoms with E-state index in [0.717, 1.165) is 66.0 Å². The van der Waals surface area contributed by atoms with Crippen LogP contribution in [-0.2, 0) is 12.8 Å². The zero-order valence-corrected chi connectivity index (χ0v) is 36.4. The molecule has 12 heteroatoms. The molecule has 4 aliphatic heterocycles. The first-order chi connectivity index (χ1) is 28.8. The fourth-order valence-corrected chi connectivity index (χ4v) is 9.61. The number of hydrogen-bond donors (Lipinski definition) is 1. The highest BCUT2D eigenvalue weighted by atomic mass is 32.2. The van der Waals surface area contributed by atoms with Crippen molar-refractivity contribution in [1.82, 2.24) is 0 Å². The van der Waals surface area contributed by atoms with Gasteiger partial charge in [-0.1, -0.05) is 45.9 Å². The van der Waals surface area contributed by atoms with E-state index in [1.165, 1.54) is 0 Å². The predicted molar refractivity (Wildman–Crippen MR) is 238 cm³/mol. The Hall–Kier alpha value is -5.36. The number of para-hydroxylation sites is 1. The Balaban J connectivity index is 0.852. The van der Waals surface area contributed by atoms with Crippen molar-refractivity contribution in [2.24, 2.45) is 15.8 Å². The van der Waals surface area contributed by atoms with Gasteiger partial charge in [-0.05, 0) is 79.5 Å². The summed E-state index contributed by atoms with van der Waals surface area (Å²) < 4.78 is 31.0.